The van der Waals surface area contributed by atoms with Crippen LogP contribution in [0.25, 0.3) is 5.57 Å². The monoisotopic (exact) mass is 190 g/mol. The Labute approximate surface area is 85.4 Å². The van der Waals surface area contributed by atoms with E-state index in [-0.39, 0.29) is 5.41 Å². The third kappa shape index (κ3) is 1.39. The van der Waals surface area contributed by atoms with Gasteiger partial charge in [-0.15, -0.1) is 0 Å². The summed E-state index contributed by atoms with van der Waals surface area (Å²) in [6.45, 7) is 9.01. The number of nitrogens with one attached hydrogen (secondary N) is 1. The van der Waals surface area contributed by atoms with E-state index in [2.05, 4.69) is 44.0 Å². The molecule has 0 bridgehead atoms. The summed E-state index contributed by atoms with van der Waals surface area (Å²) in [7, 11) is 0. The zero-order valence-corrected chi connectivity index (χ0v) is 9.39. The first-order chi connectivity index (χ1) is 6.50. The predicted molar refractivity (Wildman–Crippen MR) is 59.1 cm³/mol. The van der Waals surface area contributed by atoms with Crippen LogP contribution in [0.1, 0.15) is 51.3 Å². The van der Waals surface area contributed by atoms with Crippen molar-refractivity contribution >= 4 is 5.57 Å². The Kier molecular flexibility index (Phi) is 2.02. The number of hydrogen-bond donors (Lipinski definition) is 1. The Bertz CT molecular complexity index is 366. The zero-order chi connectivity index (χ0) is 10.3. The van der Waals surface area contributed by atoms with E-state index in [1.54, 1.807) is 0 Å². The fourth-order valence-electron chi connectivity index (χ4n) is 2.12. The lowest BCUT2D eigenvalue weighted by Gasteiger charge is -2.28. The predicted octanol–water partition coefficient (Wildman–Crippen LogP) is 3.35. The standard InChI is InChI=1S/C12H18N2/c1-8-5-6-10(12(2,3)4)9-7-13-14-11(8)9/h6-8H,5H2,1-4H3,(H,13,14). The highest BCUT2D eigenvalue weighted by atomic mass is 15.1. The highest BCUT2D eigenvalue weighted by Crippen LogP contribution is 2.41. The molecule has 1 aliphatic carbocycles. The molecule has 0 spiro atoms. The summed E-state index contributed by atoms with van der Waals surface area (Å²) in [5.41, 5.74) is 4.27. The molecular weight excluding hydrogens is 172 g/mol. The van der Waals surface area contributed by atoms with E-state index in [1.807, 2.05) is 6.20 Å². The van der Waals surface area contributed by atoms with E-state index in [9.17, 15) is 0 Å². The third-order valence-electron chi connectivity index (χ3n) is 2.94. The van der Waals surface area contributed by atoms with Gasteiger partial charge < -0.3 is 0 Å². The molecule has 2 nitrogen and oxygen atoms in total. The lowest BCUT2D eigenvalue weighted by Crippen LogP contribution is -2.13. The number of H-pyrrole nitrogens is 1. The van der Waals surface area contributed by atoms with Crippen molar-refractivity contribution in [1.29, 1.82) is 0 Å². The number of allylic oxidation sites excluding steroid dienone is 2. The maximum absolute atomic E-state index is 4.15. The summed E-state index contributed by atoms with van der Waals surface area (Å²) < 4.78 is 0. The van der Waals surface area contributed by atoms with Crippen molar-refractivity contribution < 1.29 is 0 Å². The fraction of sp³-hybridized carbons (Fsp3) is 0.583. The third-order valence-corrected chi connectivity index (χ3v) is 2.94. The SMILES string of the molecule is CC1CC=C(C(C)(C)C)c2cn[nH]c21. The first kappa shape index (κ1) is 9.50. The van der Waals surface area contributed by atoms with Gasteiger partial charge in [0.2, 0.25) is 0 Å². The van der Waals surface area contributed by atoms with Crippen LogP contribution in [0.4, 0.5) is 0 Å². The van der Waals surface area contributed by atoms with Gasteiger partial charge in [-0.2, -0.15) is 5.10 Å². The Morgan fingerprint density at radius 1 is 1.43 bits per heavy atom. The van der Waals surface area contributed by atoms with E-state index in [1.165, 1.54) is 16.8 Å². The van der Waals surface area contributed by atoms with Gasteiger partial charge in [-0.05, 0) is 17.4 Å². The van der Waals surface area contributed by atoms with Gasteiger partial charge in [-0.25, -0.2) is 0 Å². The normalized spacial score (nSPS) is 21.7. The summed E-state index contributed by atoms with van der Waals surface area (Å²) in [4.78, 5) is 0. The minimum atomic E-state index is 0.221. The van der Waals surface area contributed by atoms with Gasteiger partial charge in [0, 0.05) is 17.2 Å². The molecule has 1 atom stereocenters. The summed E-state index contributed by atoms with van der Waals surface area (Å²) in [5, 5.41) is 7.27. The maximum atomic E-state index is 4.15. The molecule has 0 amide bonds. The van der Waals surface area contributed by atoms with E-state index in [4.69, 9.17) is 0 Å². The van der Waals surface area contributed by atoms with Crippen LogP contribution < -0.4 is 0 Å². The van der Waals surface area contributed by atoms with Crippen LogP contribution in [0.15, 0.2) is 12.3 Å². The van der Waals surface area contributed by atoms with Gasteiger partial charge in [0.1, 0.15) is 0 Å². The number of rotatable bonds is 0. The van der Waals surface area contributed by atoms with E-state index < -0.39 is 0 Å². The number of fused-ring (bicyclic) bond motifs is 1. The summed E-state index contributed by atoms with van der Waals surface area (Å²) in [6.07, 6.45) is 5.45. The lowest BCUT2D eigenvalue weighted by atomic mass is 9.77. The molecule has 1 heterocycles. The van der Waals surface area contributed by atoms with Crippen molar-refractivity contribution in [1.82, 2.24) is 10.2 Å². The van der Waals surface area contributed by atoms with Gasteiger partial charge in [0.25, 0.3) is 0 Å². The van der Waals surface area contributed by atoms with Gasteiger partial charge in [0.05, 0.1) is 6.20 Å². The molecule has 0 radical (unpaired) electrons. The molecule has 1 unspecified atom stereocenters. The minimum absolute atomic E-state index is 0.221. The van der Waals surface area contributed by atoms with Crippen molar-refractivity contribution in [2.45, 2.75) is 40.0 Å². The Morgan fingerprint density at radius 2 is 2.14 bits per heavy atom. The average molecular weight is 190 g/mol. The molecule has 1 aliphatic rings. The lowest BCUT2D eigenvalue weighted by molar-refractivity contribution is 0.557. The minimum Gasteiger partial charge on any atom is -0.282 e. The maximum Gasteiger partial charge on any atom is 0.0565 e. The molecule has 0 fully saturated rings. The van der Waals surface area contributed by atoms with Gasteiger partial charge in [-0.3, -0.25) is 5.10 Å². The van der Waals surface area contributed by atoms with Crippen LogP contribution in [0, 0.1) is 5.41 Å². The van der Waals surface area contributed by atoms with Crippen LogP contribution in [0.2, 0.25) is 0 Å². The molecule has 0 saturated heterocycles. The molecule has 1 aromatic rings. The Hall–Kier alpha value is -1.05. The van der Waals surface area contributed by atoms with Crippen LogP contribution in [-0.4, -0.2) is 10.2 Å². The van der Waals surface area contributed by atoms with Crippen LogP contribution in [-0.2, 0) is 0 Å². The molecule has 76 valence electrons. The van der Waals surface area contributed by atoms with Crippen LogP contribution in [0.3, 0.4) is 0 Å². The summed E-state index contributed by atoms with van der Waals surface area (Å²) in [5.74, 6) is 0.582. The summed E-state index contributed by atoms with van der Waals surface area (Å²) >= 11 is 0. The number of aromatic amines is 1. The van der Waals surface area contributed by atoms with E-state index in [0.717, 1.165) is 6.42 Å². The number of aromatic nitrogens is 2. The molecule has 2 heteroatoms. The van der Waals surface area contributed by atoms with Crippen molar-refractivity contribution in [2.24, 2.45) is 5.41 Å². The van der Waals surface area contributed by atoms with Gasteiger partial charge in [-0.1, -0.05) is 33.8 Å². The molecule has 1 aromatic heterocycles. The second-order valence-electron chi connectivity index (χ2n) is 5.20. The van der Waals surface area contributed by atoms with Crippen molar-refractivity contribution in [3.63, 3.8) is 0 Å². The summed E-state index contributed by atoms with van der Waals surface area (Å²) in [6, 6.07) is 0. The quantitative estimate of drug-likeness (QED) is 0.667. The Balaban J connectivity index is 2.49. The molecule has 0 aliphatic heterocycles. The van der Waals surface area contributed by atoms with E-state index in [0.29, 0.717) is 5.92 Å². The second kappa shape index (κ2) is 2.97. The number of nitrogens with zero attached hydrogens (tertiary/aromatic N) is 1. The molecule has 14 heavy (non-hydrogen) atoms. The first-order valence-corrected chi connectivity index (χ1v) is 5.24. The van der Waals surface area contributed by atoms with Gasteiger partial charge in [0.15, 0.2) is 0 Å². The van der Waals surface area contributed by atoms with Crippen molar-refractivity contribution in [2.75, 3.05) is 0 Å². The second-order valence-corrected chi connectivity index (χ2v) is 5.20. The van der Waals surface area contributed by atoms with Crippen molar-refractivity contribution in [3.05, 3.63) is 23.5 Å². The van der Waals surface area contributed by atoms with Crippen molar-refractivity contribution in [3.8, 4) is 0 Å². The highest BCUT2D eigenvalue weighted by molar-refractivity contribution is 5.72. The fourth-order valence-corrected chi connectivity index (χ4v) is 2.12. The molecule has 0 aromatic carbocycles. The molecule has 1 N–H and O–H groups in total. The largest absolute Gasteiger partial charge is 0.282 e. The van der Waals surface area contributed by atoms with E-state index >= 15 is 0 Å². The van der Waals surface area contributed by atoms with Crippen LogP contribution in [0.5, 0.6) is 0 Å². The highest BCUT2D eigenvalue weighted by Gasteiger charge is 2.27. The first-order valence-electron chi connectivity index (χ1n) is 5.24. The molecule has 2 rings (SSSR count). The Morgan fingerprint density at radius 3 is 2.79 bits per heavy atom. The zero-order valence-electron chi connectivity index (χ0n) is 9.39. The molecule has 0 saturated carbocycles. The topological polar surface area (TPSA) is 28.7 Å². The number of hydrogen-bond acceptors (Lipinski definition) is 1. The van der Waals surface area contributed by atoms with Gasteiger partial charge >= 0.3 is 0 Å². The smallest absolute Gasteiger partial charge is 0.0565 e. The van der Waals surface area contributed by atoms with Crippen LogP contribution >= 0.6 is 0 Å². The molecular formula is C12H18N2. The average Bonchev–Trinajstić information content (AvgIpc) is 2.50.